The van der Waals surface area contributed by atoms with Crippen LogP contribution in [-0.4, -0.2) is 21.4 Å². The lowest BCUT2D eigenvalue weighted by Crippen LogP contribution is -2.26. The molecular formula is C13H14N2O2. The van der Waals surface area contributed by atoms with Gasteiger partial charge in [-0.2, -0.15) is 4.98 Å². The maximum Gasteiger partial charge on any atom is 0.230 e. The molecule has 0 atom stereocenters. The van der Waals surface area contributed by atoms with E-state index in [4.69, 9.17) is 4.52 Å². The molecule has 1 heterocycles. The minimum absolute atomic E-state index is 0.200. The van der Waals surface area contributed by atoms with Crippen molar-refractivity contribution in [3.63, 3.8) is 0 Å². The molecule has 2 aromatic rings. The van der Waals surface area contributed by atoms with Gasteiger partial charge in [-0.05, 0) is 25.8 Å². The van der Waals surface area contributed by atoms with E-state index in [1.165, 1.54) is 5.56 Å². The molecule has 1 aromatic carbocycles. The molecule has 0 bridgehead atoms. The van der Waals surface area contributed by atoms with E-state index in [2.05, 4.69) is 10.1 Å². The van der Waals surface area contributed by atoms with E-state index >= 15 is 0 Å². The second-order valence-corrected chi connectivity index (χ2v) is 4.65. The van der Waals surface area contributed by atoms with Crippen LogP contribution < -0.4 is 0 Å². The molecule has 3 rings (SSSR count). The third kappa shape index (κ3) is 1.96. The SMILES string of the molecule is Cc1cccc(-c2noc(C3CC(O)C3)n2)c1. The summed E-state index contributed by atoms with van der Waals surface area (Å²) in [5.74, 6) is 1.51. The molecule has 4 heteroatoms. The lowest BCUT2D eigenvalue weighted by molar-refractivity contribution is 0.0625. The van der Waals surface area contributed by atoms with Gasteiger partial charge < -0.3 is 9.63 Å². The maximum atomic E-state index is 9.25. The highest BCUT2D eigenvalue weighted by molar-refractivity contribution is 5.55. The van der Waals surface area contributed by atoms with Crippen LogP contribution in [0.15, 0.2) is 28.8 Å². The number of rotatable bonds is 2. The predicted molar refractivity (Wildman–Crippen MR) is 62.5 cm³/mol. The van der Waals surface area contributed by atoms with Gasteiger partial charge in [-0.3, -0.25) is 0 Å². The first-order valence-corrected chi connectivity index (χ1v) is 5.81. The van der Waals surface area contributed by atoms with Crippen LogP contribution in [-0.2, 0) is 0 Å². The fourth-order valence-corrected chi connectivity index (χ4v) is 2.09. The zero-order valence-electron chi connectivity index (χ0n) is 9.63. The zero-order chi connectivity index (χ0) is 11.8. The highest BCUT2D eigenvalue weighted by Gasteiger charge is 2.33. The van der Waals surface area contributed by atoms with Gasteiger partial charge in [-0.15, -0.1) is 0 Å². The van der Waals surface area contributed by atoms with Gasteiger partial charge in [-0.25, -0.2) is 0 Å². The summed E-state index contributed by atoms with van der Waals surface area (Å²) in [6, 6.07) is 8.02. The van der Waals surface area contributed by atoms with Crippen molar-refractivity contribution in [3.05, 3.63) is 35.7 Å². The Balaban J connectivity index is 1.85. The topological polar surface area (TPSA) is 59.2 Å². The first-order valence-electron chi connectivity index (χ1n) is 5.81. The van der Waals surface area contributed by atoms with Gasteiger partial charge in [0.1, 0.15) is 0 Å². The molecule has 0 unspecified atom stereocenters. The third-order valence-corrected chi connectivity index (χ3v) is 3.18. The van der Waals surface area contributed by atoms with E-state index in [0.29, 0.717) is 11.7 Å². The molecule has 0 amide bonds. The van der Waals surface area contributed by atoms with E-state index in [-0.39, 0.29) is 12.0 Å². The highest BCUT2D eigenvalue weighted by atomic mass is 16.5. The number of aliphatic hydroxyl groups is 1. The molecule has 0 saturated heterocycles. The number of hydrogen-bond acceptors (Lipinski definition) is 4. The Morgan fingerprint density at radius 1 is 1.35 bits per heavy atom. The lowest BCUT2D eigenvalue weighted by atomic mass is 9.82. The zero-order valence-corrected chi connectivity index (χ0v) is 9.63. The summed E-state index contributed by atoms with van der Waals surface area (Å²) in [5.41, 5.74) is 2.15. The first kappa shape index (κ1) is 10.5. The van der Waals surface area contributed by atoms with Crippen LogP contribution in [0.5, 0.6) is 0 Å². The minimum atomic E-state index is -0.200. The number of aromatic nitrogens is 2. The lowest BCUT2D eigenvalue weighted by Gasteiger charge is -2.27. The summed E-state index contributed by atoms with van der Waals surface area (Å²) < 4.78 is 5.24. The molecule has 0 spiro atoms. The van der Waals surface area contributed by atoms with Crippen LogP contribution in [0.3, 0.4) is 0 Å². The van der Waals surface area contributed by atoms with E-state index in [1.54, 1.807) is 0 Å². The molecule has 1 aliphatic rings. The van der Waals surface area contributed by atoms with Crippen molar-refractivity contribution >= 4 is 0 Å². The van der Waals surface area contributed by atoms with Crippen molar-refractivity contribution in [1.82, 2.24) is 10.1 Å². The van der Waals surface area contributed by atoms with Gasteiger partial charge in [0.2, 0.25) is 11.7 Å². The number of aliphatic hydroxyl groups excluding tert-OH is 1. The molecular weight excluding hydrogens is 216 g/mol. The third-order valence-electron chi connectivity index (χ3n) is 3.18. The summed E-state index contributed by atoms with van der Waals surface area (Å²) in [4.78, 5) is 4.39. The summed E-state index contributed by atoms with van der Waals surface area (Å²) >= 11 is 0. The van der Waals surface area contributed by atoms with Gasteiger partial charge in [-0.1, -0.05) is 28.9 Å². The number of nitrogens with zero attached hydrogens (tertiary/aromatic N) is 2. The Bertz CT molecular complexity index is 530. The molecule has 4 nitrogen and oxygen atoms in total. The normalized spacial score (nSPS) is 23.4. The second kappa shape index (κ2) is 3.96. The van der Waals surface area contributed by atoms with Crippen LogP contribution in [0.1, 0.15) is 30.2 Å². The molecule has 17 heavy (non-hydrogen) atoms. The number of hydrogen-bond donors (Lipinski definition) is 1. The Morgan fingerprint density at radius 2 is 2.18 bits per heavy atom. The molecule has 88 valence electrons. The standard InChI is InChI=1S/C13H14N2O2/c1-8-3-2-4-9(5-8)12-14-13(17-15-12)10-6-11(16)7-10/h2-5,10-11,16H,6-7H2,1H3. The summed E-state index contributed by atoms with van der Waals surface area (Å²) in [6.07, 6.45) is 1.26. The van der Waals surface area contributed by atoms with E-state index < -0.39 is 0 Å². The van der Waals surface area contributed by atoms with Crippen molar-refractivity contribution in [2.75, 3.05) is 0 Å². The van der Waals surface area contributed by atoms with E-state index in [9.17, 15) is 5.11 Å². The van der Waals surface area contributed by atoms with Crippen molar-refractivity contribution in [3.8, 4) is 11.4 Å². The van der Waals surface area contributed by atoms with E-state index in [1.807, 2.05) is 31.2 Å². The smallest absolute Gasteiger partial charge is 0.230 e. The quantitative estimate of drug-likeness (QED) is 0.859. The Labute approximate surface area is 99.3 Å². The Morgan fingerprint density at radius 3 is 2.88 bits per heavy atom. The van der Waals surface area contributed by atoms with Gasteiger partial charge in [0.15, 0.2) is 0 Å². The minimum Gasteiger partial charge on any atom is -0.393 e. The fraction of sp³-hybridized carbons (Fsp3) is 0.385. The van der Waals surface area contributed by atoms with Crippen molar-refractivity contribution < 1.29 is 9.63 Å². The van der Waals surface area contributed by atoms with Crippen LogP contribution in [0, 0.1) is 6.92 Å². The van der Waals surface area contributed by atoms with Gasteiger partial charge >= 0.3 is 0 Å². The van der Waals surface area contributed by atoms with Gasteiger partial charge in [0.25, 0.3) is 0 Å². The number of aryl methyl sites for hydroxylation is 1. The van der Waals surface area contributed by atoms with Gasteiger partial charge in [0.05, 0.1) is 6.10 Å². The van der Waals surface area contributed by atoms with Crippen LogP contribution in [0.25, 0.3) is 11.4 Å². The molecule has 1 N–H and O–H groups in total. The Kier molecular flexibility index (Phi) is 2.44. The number of benzene rings is 1. The first-order chi connectivity index (χ1) is 8.22. The maximum absolute atomic E-state index is 9.25. The molecule has 0 radical (unpaired) electrons. The molecule has 1 fully saturated rings. The van der Waals surface area contributed by atoms with Crippen LogP contribution in [0.4, 0.5) is 0 Å². The fourth-order valence-electron chi connectivity index (χ4n) is 2.09. The highest BCUT2D eigenvalue weighted by Crippen LogP contribution is 2.36. The van der Waals surface area contributed by atoms with Crippen molar-refractivity contribution in [1.29, 1.82) is 0 Å². The van der Waals surface area contributed by atoms with Crippen molar-refractivity contribution in [2.24, 2.45) is 0 Å². The molecule has 0 aliphatic heterocycles. The average Bonchev–Trinajstić information content (AvgIpc) is 2.74. The second-order valence-electron chi connectivity index (χ2n) is 4.65. The van der Waals surface area contributed by atoms with Gasteiger partial charge in [0, 0.05) is 11.5 Å². The molecule has 1 aliphatic carbocycles. The molecule has 1 saturated carbocycles. The summed E-state index contributed by atoms with van der Waals surface area (Å²) in [5, 5.41) is 13.2. The molecule has 1 aromatic heterocycles. The summed E-state index contributed by atoms with van der Waals surface area (Å²) in [6.45, 7) is 2.03. The van der Waals surface area contributed by atoms with Crippen LogP contribution >= 0.6 is 0 Å². The predicted octanol–water partition coefficient (Wildman–Crippen LogP) is 2.28. The van der Waals surface area contributed by atoms with Crippen molar-refractivity contribution in [2.45, 2.75) is 31.8 Å². The van der Waals surface area contributed by atoms with Crippen LogP contribution in [0.2, 0.25) is 0 Å². The van der Waals surface area contributed by atoms with E-state index in [0.717, 1.165) is 18.4 Å². The largest absolute Gasteiger partial charge is 0.393 e. The summed E-state index contributed by atoms with van der Waals surface area (Å²) in [7, 11) is 0. The monoisotopic (exact) mass is 230 g/mol. The Hall–Kier alpha value is -1.68. The average molecular weight is 230 g/mol.